The third kappa shape index (κ3) is 2.13. The number of hydrogen-bond donors (Lipinski definition) is 1. The van der Waals surface area contributed by atoms with Crippen LogP contribution in [-0.2, 0) is 0 Å². The molecule has 1 aromatic carbocycles. The number of rotatable bonds is 2. The molecule has 0 aliphatic rings. The van der Waals surface area contributed by atoms with Gasteiger partial charge in [-0.1, -0.05) is 13.8 Å². The number of aryl methyl sites for hydroxylation is 1. The Morgan fingerprint density at radius 3 is 2.59 bits per heavy atom. The molecule has 0 aliphatic heterocycles. The Bertz CT molecular complexity index is 545. The molecule has 4 nitrogen and oxygen atoms in total. The minimum absolute atomic E-state index is 0.135. The molecule has 0 saturated carbocycles. The fraction of sp³-hybridized carbons (Fsp3) is 0.333. The second-order valence-electron chi connectivity index (χ2n) is 4.29. The number of nitrogens with zero attached hydrogens (tertiary/aromatic N) is 3. The van der Waals surface area contributed by atoms with Gasteiger partial charge in [-0.25, -0.2) is 14.1 Å². The zero-order valence-corrected chi connectivity index (χ0v) is 10.1. The number of halogens is 1. The van der Waals surface area contributed by atoms with Gasteiger partial charge in [-0.2, -0.15) is 5.10 Å². The molecule has 90 valence electrons. The van der Waals surface area contributed by atoms with Crippen LogP contribution in [0.3, 0.4) is 0 Å². The van der Waals surface area contributed by atoms with Crippen molar-refractivity contribution >= 4 is 5.69 Å². The van der Waals surface area contributed by atoms with E-state index < -0.39 is 5.82 Å². The number of benzene rings is 1. The van der Waals surface area contributed by atoms with Gasteiger partial charge in [-0.3, -0.25) is 0 Å². The molecule has 1 aromatic heterocycles. The van der Waals surface area contributed by atoms with Crippen LogP contribution in [0.4, 0.5) is 10.1 Å². The van der Waals surface area contributed by atoms with Gasteiger partial charge in [-0.05, 0) is 19.1 Å². The Kier molecular flexibility index (Phi) is 2.83. The summed E-state index contributed by atoms with van der Waals surface area (Å²) in [6.07, 6.45) is 0. The average molecular weight is 234 g/mol. The average Bonchev–Trinajstić information content (AvgIpc) is 2.65. The van der Waals surface area contributed by atoms with Crippen LogP contribution in [0.15, 0.2) is 18.2 Å². The van der Waals surface area contributed by atoms with E-state index in [1.807, 2.05) is 20.8 Å². The van der Waals surface area contributed by atoms with Crippen molar-refractivity contribution < 1.29 is 4.39 Å². The zero-order chi connectivity index (χ0) is 12.6. The van der Waals surface area contributed by atoms with Crippen LogP contribution in [0.1, 0.15) is 31.4 Å². The van der Waals surface area contributed by atoms with Gasteiger partial charge in [0.05, 0.1) is 11.4 Å². The second kappa shape index (κ2) is 4.16. The van der Waals surface area contributed by atoms with Gasteiger partial charge in [-0.15, -0.1) is 0 Å². The summed E-state index contributed by atoms with van der Waals surface area (Å²) in [6.45, 7) is 5.87. The van der Waals surface area contributed by atoms with Crippen LogP contribution >= 0.6 is 0 Å². The van der Waals surface area contributed by atoms with E-state index in [-0.39, 0.29) is 11.6 Å². The van der Waals surface area contributed by atoms with Crippen LogP contribution in [0.5, 0.6) is 0 Å². The van der Waals surface area contributed by atoms with Crippen molar-refractivity contribution in [3.8, 4) is 5.69 Å². The lowest BCUT2D eigenvalue weighted by atomic mass is 10.2. The van der Waals surface area contributed by atoms with E-state index in [9.17, 15) is 4.39 Å². The molecule has 0 unspecified atom stereocenters. The molecule has 17 heavy (non-hydrogen) atoms. The molecular weight excluding hydrogens is 219 g/mol. The molecule has 1 heterocycles. The molecule has 2 rings (SSSR count). The SMILES string of the molecule is Cc1nc(C(C)C)nn1-c1ccc(N)c(F)c1. The van der Waals surface area contributed by atoms with Crippen LogP contribution in [0.25, 0.3) is 5.69 Å². The minimum atomic E-state index is -0.441. The summed E-state index contributed by atoms with van der Waals surface area (Å²) in [7, 11) is 0. The van der Waals surface area contributed by atoms with Gasteiger partial charge in [0, 0.05) is 12.0 Å². The molecule has 2 aromatic rings. The molecule has 0 radical (unpaired) electrons. The smallest absolute Gasteiger partial charge is 0.153 e. The largest absolute Gasteiger partial charge is 0.396 e. The van der Waals surface area contributed by atoms with Crippen molar-refractivity contribution in [2.45, 2.75) is 26.7 Å². The summed E-state index contributed by atoms with van der Waals surface area (Å²) in [5, 5.41) is 4.35. The highest BCUT2D eigenvalue weighted by molar-refractivity contribution is 5.46. The highest BCUT2D eigenvalue weighted by atomic mass is 19.1. The van der Waals surface area contributed by atoms with Crippen molar-refractivity contribution in [1.29, 1.82) is 0 Å². The second-order valence-corrected chi connectivity index (χ2v) is 4.29. The van der Waals surface area contributed by atoms with Gasteiger partial charge in [0.25, 0.3) is 0 Å². The molecule has 0 bridgehead atoms. The molecule has 0 atom stereocenters. The Labute approximate surface area is 99.3 Å². The summed E-state index contributed by atoms with van der Waals surface area (Å²) in [4.78, 5) is 4.34. The summed E-state index contributed by atoms with van der Waals surface area (Å²) in [5.41, 5.74) is 6.21. The predicted molar refractivity (Wildman–Crippen MR) is 64.6 cm³/mol. The summed E-state index contributed by atoms with van der Waals surface area (Å²) in [5.74, 6) is 1.29. The molecule has 0 saturated heterocycles. The van der Waals surface area contributed by atoms with Crippen molar-refractivity contribution in [3.63, 3.8) is 0 Å². The van der Waals surface area contributed by atoms with E-state index in [0.717, 1.165) is 11.6 Å². The highest BCUT2D eigenvalue weighted by Crippen LogP contribution is 2.18. The van der Waals surface area contributed by atoms with Gasteiger partial charge >= 0.3 is 0 Å². The van der Waals surface area contributed by atoms with Crippen LogP contribution in [0.2, 0.25) is 0 Å². The van der Waals surface area contributed by atoms with Crippen molar-refractivity contribution in [3.05, 3.63) is 35.7 Å². The molecular formula is C12H15FN4. The van der Waals surface area contributed by atoms with Gasteiger partial charge in [0.15, 0.2) is 5.82 Å². The molecule has 2 N–H and O–H groups in total. The first kappa shape index (κ1) is 11.6. The fourth-order valence-corrected chi connectivity index (χ4v) is 1.55. The lowest BCUT2D eigenvalue weighted by molar-refractivity contribution is 0.629. The van der Waals surface area contributed by atoms with E-state index in [4.69, 9.17) is 5.73 Å². The van der Waals surface area contributed by atoms with E-state index in [1.165, 1.54) is 12.1 Å². The molecule has 5 heteroatoms. The first-order chi connectivity index (χ1) is 7.99. The lowest BCUT2D eigenvalue weighted by Gasteiger charge is -2.04. The third-order valence-corrected chi connectivity index (χ3v) is 2.53. The maximum absolute atomic E-state index is 13.4. The number of nitrogens with two attached hydrogens (primary N) is 1. The molecule has 0 spiro atoms. The highest BCUT2D eigenvalue weighted by Gasteiger charge is 2.11. The van der Waals surface area contributed by atoms with Gasteiger partial charge in [0.1, 0.15) is 11.6 Å². The zero-order valence-electron chi connectivity index (χ0n) is 10.1. The quantitative estimate of drug-likeness (QED) is 0.812. The summed E-state index contributed by atoms with van der Waals surface area (Å²) >= 11 is 0. The maximum atomic E-state index is 13.4. The maximum Gasteiger partial charge on any atom is 0.153 e. The summed E-state index contributed by atoms with van der Waals surface area (Å²) in [6, 6.07) is 4.62. The first-order valence-electron chi connectivity index (χ1n) is 5.48. The number of aromatic nitrogens is 3. The predicted octanol–water partition coefficient (Wildman–Crippen LogP) is 2.42. The molecule has 0 amide bonds. The van der Waals surface area contributed by atoms with E-state index in [2.05, 4.69) is 10.1 Å². The van der Waals surface area contributed by atoms with Crippen LogP contribution < -0.4 is 5.73 Å². The summed E-state index contributed by atoms with van der Waals surface area (Å²) < 4.78 is 15.0. The Balaban J connectivity index is 2.49. The topological polar surface area (TPSA) is 56.7 Å². The minimum Gasteiger partial charge on any atom is -0.396 e. The first-order valence-corrected chi connectivity index (χ1v) is 5.48. The molecule has 0 aliphatic carbocycles. The van der Waals surface area contributed by atoms with E-state index in [0.29, 0.717) is 5.69 Å². The Hall–Kier alpha value is -1.91. The molecule has 0 fully saturated rings. The van der Waals surface area contributed by atoms with Gasteiger partial charge < -0.3 is 5.73 Å². The van der Waals surface area contributed by atoms with Crippen LogP contribution in [-0.4, -0.2) is 14.8 Å². The lowest BCUT2D eigenvalue weighted by Crippen LogP contribution is -2.01. The number of anilines is 1. The normalized spacial score (nSPS) is 11.1. The van der Waals surface area contributed by atoms with E-state index in [1.54, 1.807) is 10.7 Å². The van der Waals surface area contributed by atoms with Crippen LogP contribution in [0, 0.1) is 12.7 Å². The monoisotopic (exact) mass is 234 g/mol. The third-order valence-electron chi connectivity index (χ3n) is 2.53. The fourth-order valence-electron chi connectivity index (χ4n) is 1.55. The Morgan fingerprint density at radius 2 is 2.06 bits per heavy atom. The standard InChI is InChI=1S/C12H15FN4/c1-7(2)12-15-8(3)17(16-12)9-4-5-11(14)10(13)6-9/h4-7H,14H2,1-3H3. The van der Waals surface area contributed by atoms with Gasteiger partial charge in [0.2, 0.25) is 0 Å². The van der Waals surface area contributed by atoms with Crippen molar-refractivity contribution in [2.24, 2.45) is 0 Å². The number of nitrogen functional groups attached to an aromatic ring is 1. The van der Waals surface area contributed by atoms with E-state index >= 15 is 0 Å². The van der Waals surface area contributed by atoms with Crippen molar-refractivity contribution in [1.82, 2.24) is 14.8 Å². The Morgan fingerprint density at radius 1 is 1.35 bits per heavy atom. The van der Waals surface area contributed by atoms with Crippen molar-refractivity contribution in [2.75, 3.05) is 5.73 Å². The number of hydrogen-bond acceptors (Lipinski definition) is 3.